The van der Waals surface area contributed by atoms with Crippen LogP contribution in [0.2, 0.25) is 0 Å². The van der Waals surface area contributed by atoms with Gasteiger partial charge in [-0.25, -0.2) is 4.79 Å². The average Bonchev–Trinajstić information content (AvgIpc) is 1.80. The molecule has 0 radical (unpaired) electrons. The first-order valence-electron chi connectivity index (χ1n) is 2.18. The maximum Gasteiger partial charge on any atom is 0.419 e. The van der Waals surface area contributed by atoms with Gasteiger partial charge in [-0.15, -0.1) is 0 Å². The van der Waals surface area contributed by atoms with Crippen LogP contribution in [0.25, 0.3) is 0 Å². The zero-order chi connectivity index (χ0) is 6.85. The second-order valence-corrected chi connectivity index (χ2v) is 1.43. The molecule has 0 saturated carbocycles. The fourth-order valence-corrected chi connectivity index (χ4v) is 0.365. The number of rotatable bonds is 0. The van der Waals surface area contributed by atoms with Gasteiger partial charge in [-0.3, -0.25) is 9.78 Å². The van der Waals surface area contributed by atoms with Crippen LogP contribution in [0.4, 0.5) is 5.69 Å². The molecule has 1 heterocycles. The van der Waals surface area contributed by atoms with Crippen LogP contribution in [0.1, 0.15) is 0 Å². The second-order valence-electron chi connectivity index (χ2n) is 1.43. The molecule has 0 fully saturated rings. The Balaban J connectivity index is 3.52. The third kappa shape index (κ3) is 0.987. The number of aromatic amines is 1. The van der Waals surface area contributed by atoms with E-state index in [1.165, 1.54) is 0 Å². The highest BCUT2D eigenvalue weighted by molar-refractivity contribution is 5.27. The number of nitrogens with two attached hydrogens (primary N) is 1. The zero-order valence-electron chi connectivity index (χ0n) is 4.38. The highest BCUT2D eigenvalue weighted by atomic mass is 16.4. The number of anilines is 1. The molecule has 5 nitrogen and oxygen atoms in total. The predicted molar refractivity (Wildman–Crippen MR) is 30.0 cm³/mol. The lowest BCUT2D eigenvalue weighted by Gasteiger charge is -1.83. The third-order valence-electron chi connectivity index (χ3n) is 0.771. The quantitative estimate of drug-likeness (QED) is 0.464. The molecule has 1 aromatic heterocycles. The molecule has 0 saturated heterocycles. The first kappa shape index (κ1) is 5.61. The van der Waals surface area contributed by atoms with Crippen molar-refractivity contribution in [1.82, 2.24) is 4.98 Å². The fraction of sp³-hybridized carbons (Fsp3) is 0. The summed E-state index contributed by atoms with van der Waals surface area (Å²) in [6.07, 6.45) is 0.904. The van der Waals surface area contributed by atoms with Crippen LogP contribution in [0, 0.1) is 0 Å². The van der Waals surface area contributed by atoms with Crippen molar-refractivity contribution in [1.29, 1.82) is 0 Å². The second kappa shape index (κ2) is 1.77. The minimum atomic E-state index is -0.797. The van der Waals surface area contributed by atoms with Crippen molar-refractivity contribution in [2.45, 2.75) is 0 Å². The summed E-state index contributed by atoms with van der Waals surface area (Å²) >= 11 is 0. The van der Waals surface area contributed by atoms with Crippen LogP contribution in [0.5, 0.6) is 0 Å². The van der Waals surface area contributed by atoms with Crippen LogP contribution >= 0.6 is 0 Å². The van der Waals surface area contributed by atoms with Crippen molar-refractivity contribution in [3.05, 3.63) is 27.2 Å². The highest BCUT2D eigenvalue weighted by Crippen LogP contribution is 1.80. The molecule has 0 spiro atoms. The molecule has 0 unspecified atom stereocenters. The summed E-state index contributed by atoms with van der Waals surface area (Å²) in [7, 11) is 0. The molecule has 0 aliphatic carbocycles. The van der Waals surface area contributed by atoms with Gasteiger partial charge in [0.15, 0.2) is 0 Å². The molecule has 3 N–H and O–H groups in total. The van der Waals surface area contributed by atoms with Gasteiger partial charge in [0, 0.05) is 0 Å². The van der Waals surface area contributed by atoms with E-state index in [0.29, 0.717) is 0 Å². The Hall–Kier alpha value is -1.52. The summed E-state index contributed by atoms with van der Waals surface area (Å²) in [4.78, 5) is 22.4. The van der Waals surface area contributed by atoms with Crippen molar-refractivity contribution in [3.63, 3.8) is 0 Å². The number of hydrogen-bond acceptors (Lipinski definition) is 4. The van der Waals surface area contributed by atoms with E-state index in [2.05, 4.69) is 4.42 Å². The standard InChI is InChI=1S/C4H4N2O3/c5-2-1-9-4(8)6-3(2)7/h1H,5H2,(H,6,7,8). The molecule has 0 aliphatic heterocycles. The predicted octanol–water partition coefficient (Wildman–Crippen LogP) is -1.09. The zero-order valence-corrected chi connectivity index (χ0v) is 4.38. The summed E-state index contributed by atoms with van der Waals surface area (Å²) in [5.41, 5.74) is 4.29. The van der Waals surface area contributed by atoms with Gasteiger partial charge in [-0.05, 0) is 0 Å². The first-order chi connectivity index (χ1) is 4.20. The molecular weight excluding hydrogens is 124 g/mol. The number of aromatic nitrogens is 1. The minimum absolute atomic E-state index is 0.102. The molecule has 1 rings (SSSR count). The van der Waals surface area contributed by atoms with Crippen molar-refractivity contribution in [3.8, 4) is 0 Å². The number of nitrogens with one attached hydrogen (secondary N) is 1. The van der Waals surface area contributed by atoms with Crippen LogP contribution in [-0.4, -0.2) is 4.98 Å². The smallest absolute Gasteiger partial charge is 0.416 e. The minimum Gasteiger partial charge on any atom is -0.416 e. The summed E-state index contributed by atoms with van der Waals surface area (Å²) in [5.74, 6) is -0.797. The van der Waals surface area contributed by atoms with Crippen LogP contribution in [0.15, 0.2) is 20.3 Å². The van der Waals surface area contributed by atoms with Gasteiger partial charge in [-0.2, -0.15) is 0 Å². The fourth-order valence-electron chi connectivity index (χ4n) is 0.365. The maximum absolute atomic E-state index is 10.4. The molecule has 1 aromatic rings. The summed E-state index contributed by atoms with van der Waals surface area (Å²) in [6.45, 7) is 0. The Morgan fingerprint density at radius 1 is 1.56 bits per heavy atom. The van der Waals surface area contributed by atoms with Crippen LogP contribution in [0.3, 0.4) is 0 Å². The normalized spacial score (nSPS) is 9.33. The summed E-state index contributed by atoms with van der Waals surface area (Å²) < 4.78 is 4.20. The molecule has 5 heteroatoms. The molecule has 0 atom stereocenters. The number of nitrogen functional groups attached to an aromatic ring is 1. The van der Waals surface area contributed by atoms with Gasteiger partial charge in [0.05, 0.1) is 0 Å². The third-order valence-corrected chi connectivity index (χ3v) is 0.771. The summed E-state index contributed by atoms with van der Waals surface area (Å²) in [5, 5.41) is 0. The van der Waals surface area contributed by atoms with Gasteiger partial charge < -0.3 is 10.2 Å². The van der Waals surface area contributed by atoms with Crippen LogP contribution < -0.4 is 17.0 Å². The van der Waals surface area contributed by atoms with E-state index < -0.39 is 11.3 Å². The van der Waals surface area contributed by atoms with Crippen molar-refractivity contribution in [2.24, 2.45) is 0 Å². The van der Waals surface area contributed by atoms with E-state index in [-0.39, 0.29) is 5.69 Å². The van der Waals surface area contributed by atoms with Gasteiger partial charge in [0.1, 0.15) is 12.0 Å². The maximum atomic E-state index is 10.4. The Bertz CT molecular complexity index is 310. The SMILES string of the molecule is Nc1coc(=O)[nH]c1=O. The Morgan fingerprint density at radius 2 is 2.22 bits per heavy atom. The monoisotopic (exact) mass is 128 g/mol. The Kier molecular flexibility index (Phi) is 1.11. The molecule has 0 bridgehead atoms. The largest absolute Gasteiger partial charge is 0.419 e. The van der Waals surface area contributed by atoms with E-state index in [4.69, 9.17) is 5.73 Å². The van der Waals surface area contributed by atoms with Crippen molar-refractivity contribution >= 4 is 5.69 Å². The summed E-state index contributed by atoms with van der Waals surface area (Å²) in [6, 6.07) is 0. The van der Waals surface area contributed by atoms with E-state index in [9.17, 15) is 9.59 Å². The number of H-pyrrole nitrogens is 1. The molecule has 48 valence electrons. The van der Waals surface area contributed by atoms with Gasteiger partial charge >= 0.3 is 5.76 Å². The Morgan fingerprint density at radius 3 is 2.67 bits per heavy atom. The van der Waals surface area contributed by atoms with E-state index in [1.807, 2.05) is 4.98 Å². The highest BCUT2D eigenvalue weighted by Gasteiger charge is 1.91. The number of hydrogen-bond donors (Lipinski definition) is 2. The van der Waals surface area contributed by atoms with E-state index in [0.717, 1.165) is 6.26 Å². The van der Waals surface area contributed by atoms with Crippen molar-refractivity contribution < 1.29 is 4.42 Å². The lowest BCUT2D eigenvalue weighted by molar-refractivity contribution is 0.482. The van der Waals surface area contributed by atoms with E-state index >= 15 is 0 Å². The molecule has 0 amide bonds. The Labute approximate surface area is 49.1 Å². The first-order valence-corrected chi connectivity index (χ1v) is 2.18. The van der Waals surface area contributed by atoms with Gasteiger partial charge in [0.25, 0.3) is 5.56 Å². The lowest BCUT2D eigenvalue weighted by Crippen LogP contribution is -2.20. The molecule has 0 aromatic carbocycles. The molecule has 0 aliphatic rings. The van der Waals surface area contributed by atoms with Crippen LogP contribution in [-0.2, 0) is 0 Å². The molecule has 9 heavy (non-hydrogen) atoms. The van der Waals surface area contributed by atoms with Gasteiger partial charge in [0.2, 0.25) is 0 Å². The molecular formula is C4H4N2O3. The van der Waals surface area contributed by atoms with Gasteiger partial charge in [-0.1, -0.05) is 0 Å². The lowest BCUT2D eigenvalue weighted by atomic mass is 10.6. The topological polar surface area (TPSA) is 89.1 Å². The average molecular weight is 128 g/mol. The van der Waals surface area contributed by atoms with Crippen molar-refractivity contribution in [2.75, 3.05) is 5.73 Å². The van der Waals surface area contributed by atoms with E-state index in [1.54, 1.807) is 0 Å².